The van der Waals surface area contributed by atoms with Crippen molar-refractivity contribution >= 4 is 11.9 Å². The fraction of sp³-hybridized carbons (Fsp3) is 0.889. The lowest BCUT2D eigenvalue weighted by Gasteiger charge is -2.51. The first-order valence-corrected chi connectivity index (χ1v) is 28.5. The van der Waals surface area contributed by atoms with E-state index in [0.29, 0.717) is 38.5 Å². The highest BCUT2D eigenvalue weighted by atomic mass is 16.8. The summed E-state index contributed by atoms with van der Waals surface area (Å²) in [5, 5.41) is 153. The number of carbonyl (C=O) groups excluding carboxylic acids is 2. The van der Waals surface area contributed by atoms with Crippen molar-refractivity contribution in [2.45, 2.75) is 236 Å². The summed E-state index contributed by atoms with van der Waals surface area (Å²) in [7, 11) is 4.33. The molecule has 4 saturated carbocycles. The van der Waals surface area contributed by atoms with Crippen molar-refractivity contribution in [3.8, 4) is 0 Å². The van der Waals surface area contributed by atoms with Crippen molar-refractivity contribution < 1.29 is 138 Å². The van der Waals surface area contributed by atoms with E-state index in [4.69, 9.17) is 56.8 Å². The summed E-state index contributed by atoms with van der Waals surface area (Å²) in [6.45, 7) is -2.32. The van der Waals surface area contributed by atoms with Crippen LogP contribution in [0.25, 0.3) is 0 Å². The maximum Gasteiger partial charge on any atom is 0.330 e. The predicted octanol–water partition coefficient (Wildman–Crippen LogP) is -5.67. The third-order valence-corrected chi connectivity index (χ3v) is 18.0. The first-order chi connectivity index (χ1) is 39.2. The Morgan fingerprint density at radius 2 is 1.05 bits per heavy atom. The molecule has 82 heavy (non-hydrogen) atoms. The number of ether oxygens (including phenoxy) is 12. The summed E-state index contributed by atoms with van der Waals surface area (Å²) < 4.78 is 70.2. The maximum atomic E-state index is 13.6. The van der Waals surface area contributed by atoms with E-state index in [0.717, 1.165) is 6.08 Å². The van der Waals surface area contributed by atoms with Gasteiger partial charge < -0.3 is 128 Å². The number of fused-ring (bicyclic) bond motifs is 1. The van der Waals surface area contributed by atoms with Crippen LogP contribution in [0.2, 0.25) is 0 Å². The molecule has 28 nitrogen and oxygen atoms in total. The van der Waals surface area contributed by atoms with Gasteiger partial charge in [-0.1, -0.05) is 12.2 Å². The first kappa shape index (κ1) is 65.4. The Balaban J connectivity index is 1.09. The van der Waals surface area contributed by atoms with E-state index in [1.54, 1.807) is 6.08 Å². The van der Waals surface area contributed by atoms with Crippen LogP contribution < -0.4 is 0 Å². The van der Waals surface area contributed by atoms with Gasteiger partial charge in [-0.25, -0.2) is 9.59 Å². The second-order valence-corrected chi connectivity index (χ2v) is 23.3. The number of aliphatic hydroxyl groups excluding tert-OH is 14. The molecule has 0 bridgehead atoms. The molecule has 0 radical (unpaired) electrons. The third kappa shape index (κ3) is 15.2. The number of rotatable bonds is 19. The first-order valence-electron chi connectivity index (χ1n) is 28.5. The van der Waals surface area contributed by atoms with Crippen LogP contribution in [0.5, 0.6) is 0 Å². The number of allylic oxidation sites excluding steroid dienone is 2. The van der Waals surface area contributed by atoms with Gasteiger partial charge in [0.1, 0.15) is 86.0 Å². The van der Waals surface area contributed by atoms with Crippen LogP contribution in [-0.4, -0.2) is 295 Å². The molecule has 0 spiro atoms. The molecule has 8 rings (SSSR count). The lowest BCUT2D eigenvalue weighted by atomic mass is 9.72. The van der Waals surface area contributed by atoms with Crippen molar-refractivity contribution in [2.24, 2.45) is 23.7 Å². The highest BCUT2D eigenvalue weighted by Crippen LogP contribution is 2.45. The molecule has 28 heteroatoms. The Morgan fingerprint density at radius 1 is 0.488 bits per heavy atom. The van der Waals surface area contributed by atoms with E-state index in [2.05, 4.69) is 0 Å². The van der Waals surface area contributed by atoms with Crippen molar-refractivity contribution in [2.75, 3.05) is 41.2 Å². The lowest BCUT2D eigenvalue weighted by molar-refractivity contribution is -0.390. The van der Waals surface area contributed by atoms with Gasteiger partial charge in [0.25, 0.3) is 0 Å². The molecule has 4 saturated heterocycles. The smallest absolute Gasteiger partial charge is 0.330 e. The van der Waals surface area contributed by atoms with Gasteiger partial charge in [-0.15, -0.1) is 0 Å². The Kier molecular flexibility index (Phi) is 23.5. The van der Waals surface area contributed by atoms with E-state index in [1.807, 2.05) is 0 Å². The average Bonchev–Trinajstić information content (AvgIpc) is 3.62. The van der Waals surface area contributed by atoms with Crippen molar-refractivity contribution in [1.82, 2.24) is 0 Å². The van der Waals surface area contributed by atoms with Crippen LogP contribution in [0, 0.1) is 23.7 Å². The monoisotopic (exact) mass is 1180 g/mol. The van der Waals surface area contributed by atoms with E-state index in [9.17, 15) is 81.1 Å². The van der Waals surface area contributed by atoms with Gasteiger partial charge in [0.05, 0.1) is 68.0 Å². The highest BCUT2D eigenvalue weighted by Gasteiger charge is 2.58. The molecular weight excluding hydrogens is 1100 g/mol. The minimum Gasteiger partial charge on any atom is -0.460 e. The summed E-state index contributed by atoms with van der Waals surface area (Å²) in [4.78, 5) is 26.9. The summed E-state index contributed by atoms with van der Waals surface area (Å²) >= 11 is 0. The van der Waals surface area contributed by atoms with Crippen LogP contribution in [0.1, 0.15) is 70.6 Å². The van der Waals surface area contributed by atoms with E-state index >= 15 is 0 Å². The molecule has 4 heterocycles. The minimum absolute atomic E-state index is 0.0131. The molecule has 0 aromatic heterocycles. The van der Waals surface area contributed by atoms with Gasteiger partial charge in [0.2, 0.25) is 0 Å². The average molecular weight is 1180 g/mol. The van der Waals surface area contributed by atoms with Gasteiger partial charge >= 0.3 is 11.9 Å². The Hall–Kier alpha value is -2.54. The third-order valence-electron chi connectivity index (χ3n) is 18.0. The summed E-state index contributed by atoms with van der Waals surface area (Å²) in [6, 6.07) is 0. The molecule has 0 aromatic carbocycles. The van der Waals surface area contributed by atoms with Gasteiger partial charge in [-0.3, -0.25) is 0 Å². The Labute approximate surface area is 473 Å². The number of hydrogen-bond donors (Lipinski definition) is 14. The van der Waals surface area contributed by atoms with Crippen LogP contribution >= 0.6 is 0 Å². The fourth-order valence-electron chi connectivity index (χ4n) is 13.1. The second-order valence-electron chi connectivity index (χ2n) is 23.3. The van der Waals surface area contributed by atoms with Gasteiger partial charge in [-0.2, -0.15) is 0 Å². The van der Waals surface area contributed by atoms with Crippen molar-refractivity contribution in [1.29, 1.82) is 0 Å². The van der Waals surface area contributed by atoms with Crippen LogP contribution in [0.15, 0.2) is 24.3 Å². The molecule has 4 aliphatic carbocycles. The minimum atomic E-state index is -2.05. The predicted molar refractivity (Wildman–Crippen MR) is 273 cm³/mol. The van der Waals surface area contributed by atoms with Crippen molar-refractivity contribution in [3.05, 3.63) is 24.3 Å². The normalized spacial score (nSPS) is 48.6. The van der Waals surface area contributed by atoms with Crippen LogP contribution in [-0.2, 0) is 61.7 Å². The topological polar surface area (TPSA) is 432 Å². The maximum absolute atomic E-state index is 13.6. The zero-order valence-electron chi connectivity index (χ0n) is 46.1. The lowest BCUT2D eigenvalue weighted by Crippen LogP contribution is -2.66. The highest BCUT2D eigenvalue weighted by molar-refractivity contribution is 5.82. The van der Waals surface area contributed by atoms with Crippen LogP contribution in [0.3, 0.4) is 0 Å². The molecule has 15 N–H and O–H groups in total. The van der Waals surface area contributed by atoms with Crippen molar-refractivity contribution in [3.63, 3.8) is 0 Å². The fourth-order valence-corrected chi connectivity index (χ4v) is 13.1. The van der Waals surface area contributed by atoms with Crippen LogP contribution in [0.4, 0.5) is 0 Å². The zero-order valence-corrected chi connectivity index (χ0v) is 46.1. The zero-order chi connectivity index (χ0) is 59.3. The molecule has 470 valence electrons. The largest absolute Gasteiger partial charge is 0.460 e. The molecule has 29 atom stereocenters. The quantitative estimate of drug-likeness (QED) is 0.0326. The summed E-state index contributed by atoms with van der Waals surface area (Å²) in [5.74, 6) is -3.60. The molecular formula is C54H87O28+. The standard InChI is InChI=1S/C54H86O28/c1-71-32-12-22(4-8-28(32)59)5-10-39(61)74-21-38-44(66)47(69)51(82-54-50(46(68)43(65)37(20-56)79-54)81-40(62)11-6-23-13-33(72-2)41(63)34(14-23)73-3)53(80-38)77-35-18-26-30(75-49(35)24-7-9-27(58)29(60)15-24)16-25(57)17-31(26)76-52-48(70)45(67)42(64)36(19-55)78-52/h5-6,10-11,22-38,41-60,63-70H,4,7-9,12-21H2,1-3H3/p+1/t22?,23?,24?,25?,26?,27?,28?,29?,30?,31?,32?,33?,34?,35?,36-,37-,38-,41?,42-,43-,44-,45+,46+,47+,48-,49?,50-,51-,52-,53-,54+/m1/s1. The molecule has 8 fully saturated rings. The Bertz CT molecular complexity index is 2060. The number of aliphatic hydroxyl groups is 16. The van der Waals surface area contributed by atoms with Gasteiger partial charge in [-0.05, 0) is 69.6 Å². The Morgan fingerprint density at radius 3 is 1.71 bits per heavy atom. The number of hydrogen-bond acceptors (Lipinski definition) is 27. The van der Waals surface area contributed by atoms with Gasteiger partial charge in [0.15, 0.2) is 37.2 Å². The molecule has 4 aliphatic heterocycles. The number of methoxy groups -OCH3 is 3. The summed E-state index contributed by atoms with van der Waals surface area (Å²) in [5.41, 5.74) is 0. The molecule has 0 aromatic rings. The molecule has 8 aliphatic rings. The molecule has 0 amide bonds. The van der Waals surface area contributed by atoms with E-state index in [-0.39, 0.29) is 43.9 Å². The summed E-state index contributed by atoms with van der Waals surface area (Å²) in [6.07, 6.45) is -29.1. The second kappa shape index (κ2) is 29.4. The number of carbonyl (C=O) groups is 2. The van der Waals surface area contributed by atoms with E-state index in [1.165, 1.54) is 33.5 Å². The SMILES string of the molecule is COC1CC(C=CC(=O)OC[C@H]2O[C@@H](OC3CC4C(O[C@@H]5O[C@H](CO)[C@@H](O)[C@H](O)[C@H]5O)CC(O)CC4[OH+]C3C3CCC(O)C(O)C3)[C@H](O[C@@H]3O[C@H](CO)[C@@H](O)[C@H](O)[C@H]3OC(=O)C=CC3CC(OC)C(O)C(OC)C3)[C@@H](O)[C@@H]2O)CCC1O. The molecule has 14 unspecified atom stereocenters. The van der Waals surface area contributed by atoms with E-state index < -0.39 is 209 Å². The number of esters is 2. The van der Waals surface area contributed by atoms with Gasteiger partial charge in [0, 0.05) is 52.2 Å².